The Bertz CT molecular complexity index is 139. The van der Waals surface area contributed by atoms with Crippen LogP contribution in [0.2, 0.25) is 0 Å². The minimum Gasteiger partial charge on any atom is -1.00 e. The number of halogens is 2. The molecule has 1 aliphatic carbocycles. The average molecular weight is 311 g/mol. The smallest absolute Gasteiger partial charge is 0 e. The maximum Gasteiger partial charge on any atom is 0 e. The van der Waals surface area contributed by atoms with Crippen LogP contribution in [0.1, 0.15) is 20.3 Å². The van der Waals surface area contributed by atoms with E-state index in [1.54, 1.807) is 0 Å². The molecular weight excluding hydrogens is 301 g/mol. The van der Waals surface area contributed by atoms with Gasteiger partial charge in [0.15, 0.2) is 0 Å². The van der Waals surface area contributed by atoms with Gasteiger partial charge in [-0.25, -0.2) is 0 Å². The van der Waals surface area contributed by atoms with E-state index in [1.807, 2.05) is 0 Å². The maximum atomic E-state index is 2.20. The van der Waals surface area contributed by atoms with Gasteiger partial charge in [-0.2, -0.15) is 0 Å². The molecule has 0 aromatic heterocycles. The quantitative estimate of drug-likeness (QED) is 0.404. The van der Waals surface area contributed by atoms with Gasteiger partial charge in [0.25, 0.3) is 0 Å². The first kappa shape index (κ1) is 16.7. The van der Waals surface area contributed by atoms with Crippen molar-refractivity contribution in [3.05, 3.63) is 23.3 Å². The molecule has 0 fully saturated rings. The Hall–Kier alpha value is 0.210. The Morgan fingerprint density at radius 2 is 1.70 bits per heavy atom. The molecule has 0 atom stereocenters. The molecule has 0 amide bonds. The van der Waals surface area contributed by atoms with Crippen LogP contribution in [-0.2, 0) is 25.8 Å². The van der Waals surface area contributed by atoms with E-state index in [9.17, 15) is 0 Å². The van der Waals surface area contributed by atoms with Crippen LogP contribution in [0.4, 0.5) is 0 Å². The van der Waals surface area contributed by atoms with Gasteiger partial charge in [-0.1, -0.05) is 23.3 Å². The average Bonchev–Trinajstić information content (AvgIpc) is 1.91. The first-order valence-electron chi connectivity index (χ1n) is 2.63. The van der Waals surface area contributed by atoms with Crippen molar-refractivity contribution < 1.29 is 35.3 Å². The summed E-state index contributed by atoms with van der Waals surface area (Å²) in [5.41, 5.74) is 2.96. The standard InChI is InChI=1S/C7H10.2FH.Hf/c1-6-4-3-5-7(6)2;;;/h3-4H,5H2,1-2H3;2*1H;/p-2. The van der Waals surface area contributed by atoms with E-state index in [0.717, 1.165) is 0 Å². The molecule has 58 valence electrons. The van der Waals surface area contributed by atoms with Crippen LogP contribution in [0.25, 0.3) is 0 Å². The van der Waals surface area contributed by atoms with Crippen LogP contribution in [0.3, 0.4) is 0 Å². The summed E-state index contributed by atoms with van der Waals surface area (Å²) >= 11 is 0. The van der Waals surface area contributed by atoms with E-state index in [0.29, 0.717) is 0 Å². The van der Waals surface area contributed by atoms with Crippen molar-refractivity contribution in [2.24, 2.45) is 0 Å². The Balaban J connectivity index is -0.000000163. The largest absolute Gasteiger partial charge is 1.00 e. The third-order valence-corrected chi connectivity index (χ3v) is 1.47. The molecule has 0 aromatic rings. The molecule has 0 aromatic carbocycles. The monoisotopic (exact) mass is 312 g/mol. The van der Waals surface area contributed by atoms with Crippen LogP contribution >= 0.6 is 0 Å². The summed E-state index contributed by atoms with van der Waals surface area (Å²) in [6.45, 7) is 4.33. The summed E-state index contributed by atoms with van der Waals surface area (Å²) in [7, 11) is 0. The van der Waals surface area contributed by atoms with Crippen molar-refractivity contribution in [1.82, 2.24) is 0 Å². The Morgan fingerprint density at radius 3 is 1.80 bits per heavy atom. The first-order valence-corrected chi connectivity index (χ1v) is 2.63. The summed E-state index contributed by atoms with van der Waals surface area (Å²) in [6, 6.07) is 0. The molecule has 0 aliphatic heterocycles. The zero-order chi connectivity index (χ0) is 5.28. The van der Waals surface area contributed by atoms with Crippen molar-refractivity contribution in [2.45, 2.75) is 20.3 Å². The van der Waals surface area contributed by atoms with E-state index >= 15 is 0 Å². The van der Waals surface area contributed by atoms with Gasteiger partial charge in [-0.3, -0.25) is 0 Å². The van der Waals surface area contributed by atoms with Crippen molar-refractivity contribution >= 4 is 0 Å². The second kappa shape index (κ2) is 7.32. The second-order valence-electron chi connectivity index (χ2n) is 2.07. The molecule has 0 saturated carbocycles. The third kappa shape index (κ3) is 4.09. The Labute approximate surface area is 78.9 Å². The minimum absolute atomic E-state index is 0. The van der Waals surface area contributed by atoms with Gasteiger partial charge in [0, 0.05) is 25.8 Å². The molecule has 1 rings (SSSR count). The maximum absolute atomic E-state index is 2.20. The molecule has 0 heterocycles. The third-order valence-electron chi connectivity index (χ3n) is 1.47. The summed E-state index contributed by atoms with van der Waals surface area (Å²) in [6.07, 6.45) is 5.55. The number of rotatable bonds is 0. The van der Waals surface area contributed by atoms with Crippen LogP contribution in [-0.4, -0.2) is 0 Å². The fraction of sp³-hybridized carbons (Fsp3) is 0.429. The molecule has 0 N–H and O–H groups in total. The van der Waals surface area contributed by atoms with Gasteiger partial charge in [-0.15, -0.1) is 0 Å². The van der Waals surface area contributed by atoms with Crippen molar-refractivity contribution in [2.75, 3.05) is 0 Å². The molecule has 0 nitrogen and oxygen atoms in total. The summed E-state index contributed by atoms with van der Waals surface area (Å²) in [5, 5.41) is 0. The van der Waals surface area contributed by atoms with Crippen LogP contribution in [0.5, 0.6) is 0 Å². The molecule has 0 saturated heterocycles. The molecule has 0 unspecified atom stereocenters. The normalized spacial score (nSPS) is 13.4. The van der Waals surface area contributed by atoms with Crippen molar-refractivity contribution in [3.8, 4) is 0 Å². The Morgan fingerprint density at radius 1 is 1.20 bits per heavy atom. The van der Waals surface area contributed by atoms with Gasteiger partial charge >= 0.3 is 0 Å². The molecule has 3 heteroatoms. The van der Waals surface area contributed by atoms with Gasteiger partial charge in [0.2, 0.25) is 0 Å². The summed E-state index contributed by atoms with van der Waals surface area (Å²) in [5.74, 6) is 0. The zero-order valence-corrected chi connectivity index (χ0v) is 9.71. The van der Waals surface area contributed by atoms with Crippen LogP contribution in [0, 0.1) is 0 Å². The van der Waals surface area contributed by atoms with Crippen LogP contribution in [0.15, 0.2) is 23.3 Å². The van der Waals surface area contributed by atoms with Gasteiger partial charge in [-0.05, 0) is 20.3 Å². The predicted molar refractivity (Wildman–Crippen MR) is 32.1 cm³/mol. The van der Waals surface area contributed by atoms with E-state index in [2.05, 4.69) is 26.0 Å². The van der Waals surface area contributed by atoms with E-state index < -0.39 is 0 Å². The fourth-order valence-corrected chi connectivity index (χ4v) is 0.716. The van der Waals surface area contributed by atoms with Crippen LogP contribution < -0.4 is 9.41 Å². The minimum atomic E-state index is 0. The van der Waals surface area contributed by atoms with Gasteiger partial charge in [0.05, 0.1) is 0 Å². The topological polar surface area (TPSA) is 0 Å². The SMILES string of the molecule is CC1=C(C)CC=C1.[F-].[F-].[Hf]. The Kier molecular flexibility index (Phi) is 12.2. The number of hydrogen-bond donors (Lipinski definition) is 0. The molecule has 10 heavy (non-hydrogen) atoms. The van der Waals surface area contributed by atoms with Crippen molar-refractivity contribution in [3.63, 3.8) is 0 Å². The molecule has 1 aliphatic rings. The number of hydrogen-bond acceptors (Lipinski definition) is 0. The molecule has 0 spiro atoms. The van der Waals surface area contributed by atoms with Gasteiger partial charge in [0.1, 0.15) is 0 Å². The predicted octanol–water partition coefficient (Wildman–Crippen LogP) is -3.71. The molecular formula is C7H10F2Hf-2. The van der Waals surface area contributed by atoms with E-state index in [4.69, 9.17) is 0 Å². The van der Waals surface area contributed by atoms with E-state index in [1.165, 1.54) is 17.6 Å². The number of allylic oxidation sites excluding steroid dienone is 4. The zero-order valence-electron chi connectivity index (χ0n) is 6.12. The van der Waals surface area contributed by atoms with E-state index in [-0.39, 0.29) is 35.3 Å². The first-order chi connectivity index (χ1) is 3.30. The molecule has 0 bridgehead atoms. The molecule has 0 radical (unpaired) electrons. The van der Waals surface area contributed by atoms with Crippen molar-refractivity contribution in [1.29, 1.82) is 0 Å². The second-order valence-corrected chi connectivity index (χ2v) is 2.07. The fourth-order valence-electron chi connectivity index (χ4n) is 0.716. The van der Waals surface area contributed by atoms with Gasteiger partial charge < -0.3 is 9.41 Å². The summed E-state index contributed by atoms with van der Waals surface area (Å²) in [4.78, 5) is 0. The summed E-state index contributed by atoms with van der Waals surface area (Å²) < 4.78 is 0.